The van der Waals surface area contributed by atoms with E-state index in [0.717, 1.165) is 38.6 Å². The van der Waals surface area contributed by atoms with Gasteiger partial charge in [0.25, 0.3) is 0 Å². The highest BCUT2D eigenvalue weighted by Gasteiger charge is 2.22. The average Bonchev–Trinajstić information content (AvgIpc) is 2.59. The average molecular weight is 226 g/mol. The molecule has 0 aromatic carbocycles. The Morgan fingerprint density at radius 1 is 1.06 bits per heavy atom. The Balaban J connectivity index is 1.73. The standard InChI is InChI=1S/C13H26N2O/c14-13(12-5-2-1-3-6-12)11-15-7-4-9-16-10-8-15/h12-13H,1-11,14H2. The minimum Gasteiger partial charge on any atom is -0.380 e. The summed E-state index contributed by atoms with van der Waals surface area (Å²) in [5.74, 6) is 0.776. The van der Waals surface area contributed by atoms with E-state index in [4.69, 9.17) is 10.5 Å². The molecule has 2 rings (SSSR count). The lowest BCUT2D eigenvalue weighted by atomic mass is 9.84. The minimum atomic E-state index is 0.387. The second-order valence-electron chi connectivity index (χ2n) is 5.33. The molecule has 2 fully saturated rings. The third-order valence-electron chi connectivity index (χ3n) is 4.04. The molecular weight excluding hydrogens is 200 g/mol. The van der Waals surface area contributed by atoms with E-state index < -0.39 is 0 Å². The van der Waals surface area contributed by atoms with Crippen LogP contribution in [0.25, 0.3) is 0 Å². The van der Waals surface area contributed by atoms with E-state index in [-0.39, 0.29) is 0 Å². The second kappa shape index (κ2) is 6.58. The highest BCUT2D eigenvalue weighted by atomic mass is 16.5. The molecule has 1 atom stereocenters. The van der Waals surface area contributed by atoms with Crippen molar-refractivity contribution in [3.05, 3.63) is 0 Å². The SMILES string of the molecule is NC(CN1CCCOCC1)C1CCCCC1. The van der Waals surface area contributed by atoms with E-state index in [1.165, 1.54) is 38.6 Å². The van der Waals surface area contributed by atoms with Crippen molar-refractivity contribution in [2.24, 2.45) is 11.7 Å². The lowest BCUT2D eigenvalue weighted by molar-refractivity contribution is 0.137. The van der Waals surface area contributed by atoms with Gasteiger partial charge in [0.05, 0.1) is 6.61 Å². The summed E-state index contributed by atoms with van der Waals surface area (Å²) in [6, 6.07) is 0.387. The summed E-state index contributed by atoms with van der Waals surface area (Å²) in [5, 5.41) is 0. The first kappa shape index (κ1) is 12.3. The monoisotopic (exact) mass is 226 g/mol. The zero-order chi connectivity index (χ0) is 11.2. The fourth-order valence-electron chi connectivity index (χ4n) is 2.99. The van der Waals surface area contributed by atoms with Crippen molar-refractivity contribution in [2.75, 3.05) is 32.8 Å². The molecule has 0 amide bonds. The van der Waals surface area contributed by atoms with Crippen LogP contribution in [0.2, 0.25) is 0 Å². The van der Waals surface area contributed by atoms with Crippen molar-refractivity contribution in [3.8, 4) is 0 Å². The van der Waals surface area contributed by atoms with Gasteiger partial charge in [-0.05, 0) is 25.2 Å². The van der Waals surface area contributed by atoms with Gasteiger partial charge in [-0.2, -0.15) is 0 Å². The Morgan fingerprint density at radius 3 is 2.69 bits per heavy atom. The number of nitrogens with zero attached hydrogens (tertiary/aromatic N) is 1. The van der Waals surface area contributed by atoms with Gasteiger partial charge in [-0.15, -0.1) is 0 Å². The fourth-order valence-corrected chi connectivity index (χ4v) is 2.99. The lowest BCUT2D eigenvalue weighted by Gasteiger charge is -2.31. The lowest BCUT2D eigenvalue weighted by Crippen LogP contribution is -2.43. The van der Waals surface area contributed by atoms with Gasteiger partial charge in [0, 0.05) is 32.3 Å². The van der Waals surface area contributed by atoms with Crippen molar-refractivity contribution in [2.45, 2.75) is 44.6 Å². The van der Waals surface area contributed by atoms with Crippen LogP contribution in [-0.4, -0.2) is 43.8 Å². The Kier molecular flexibility index (Phi) is 5.07. The van der Waals surface area contributed by atoms with Crippen molar-refractivity contribution in [1.29, 1.82) is 0 Å². The summed E-state index contributed by atoms with van der Waals surface area (Å²) in [5.41, 5.74) is 6.35. The molecule has 1 aliphatic carbocycles. The first-order valence-corrected chi connectivity index (χ1v) is 6.92. The molecule has 2 aliphatic rings. The van der Waals surface area contributed by atoms with Gasteiger partial charge in [-0.25, -0.2) is 0 Å². The molecule has 16 heavy (non-hydrogen) atoms. The van der Waals surface area contributed by atoms with Crippen LogP contribution < -0.4 is 5.73 Å². The molecule has 0 bridgehead atoms. The molecule has 3 nitrogen and oxygen atoms in total. The Hall–Kier alpha value is -0.120. The third-order valence-corrected chi connectivity index (χ3v) is 4.04. The van der Waals surface area contributed by atoms with Gasteiger partial charge in [0.1, 0.15) is 0 Å². The Labute approximate surface area is 99.3 Å². The topological polar surface area (TPSA) is 38.5 Å². The second-order valence-corrected chi connectivity index (χ2v) is 5.33. The van der Waals surface area contributed by atoms with Crippen LogP contribution in [0.4, 0.5) is 0 Å². The van der Waals surface area contributed by atoms with Crippen LogP contribution in [-0.2, 0) is 4.74 Å². The molecular formula is C13H26N2O. The number of rotatable bonds is 3. The summed E-state index contributed by atoms with van der Waals surface area (Å²) >= 11 is 0. The van der Waals surface area contributed by atoms with E-state index >= 15 is 0 Å². The number of hydrogen-bond donors (Lipinski definition) is 1. The quantitative estimate of drug-likeness (QED) is 0.794. The zero-order valence-corrected chi connectivity index (χ0v) is 10.4. The Bertz CT molecular complexity index is 184. The van der Waals surface area contributed by atoms with Crippen LogP contribution in [0.3, 0.4) is 0 Å². The molecule has 0 aromatic rings. The van der Waals surface area contributed by atoms with Crippen molar-refractivity contribution < 1.29 is 4.74 Å². The smallest absolute Gasteiger partial charge is 0.0593 e. The molecule has 0 aromatic heterocycles. The molecule has 1 aliphatic heterocycles. The van der Waals surface area contributed by atoms with Gasteiger partial charge in [-0.1, -0.05) is 19.3 Å². The minimum absolute atomic E-state index is 0.387. The molecule has 94 valence electrons. The predicted octanol–water partition coefficient (Wildman–Crippen LogP) is 1.62. The highest BCUT2D eigenvalue weighted by Crippen LogP contribution is 2.26. The Morgan fingerprint density at radius 2 is 1.88 bits per heavy atom. The first-order chi connectivity index (χ1) is 7.86. The molecule has 1 unspecified atom stereocenters. The van der Waals surface area contributed by atoms with E-state index in [1.54, 1.807) is 0 Å². The molecule has 1 saturated carbocycles. The number of nitrogens with two attached hydrogens (primary N) is 1. The fraction of sp³-hybridized carbons (Fsp3) is 1.00. The molecule has 2 N–H and O–H groups in total. The highest BCUT2D eigenvalue weighted by molar-refractivity contribution is 4.79. The van der Waals surface area contributed by atoms with Crippen molar-refractivity contribution in [1.82, 2.24) is 4.90 Å². The summed E-state index contributed by atoms with van der Waals surface area (Å²) in [4.78, 5) is 2.49. The van der Waals surface area contributed by atoms with E-state index in [0.29, 0.717) is 6.04 Å². The van der Waals surface area contributed by atoms with Crippen molar-refractivity contribution >= 4 is 0 Å². The number of hydrogen-bond acceptors (Lipinski definition) is 3. The van der Waals surface area contributed by atoms with Crippen LogP contribution in [0.15, 0.2) is 0 Å². The predicted molar refractivity (Wildman–Crippen MR) is 66.4 cm³/mol. The zero-order valence-electron chi connectivity index (χ0n) is 10.4. The maximum Gasteiger partial charge on any atom is 0.0593 e. The summed E-state index contributed by atoms with van der Waals surface area (Å²) < 4.78 is 5.47. The van der Waals surface area contributed by atoms with E-state index in [2.05, 4.69) is 4.90 Å². The van der Waals surface area contributed by atoms with Crippen LogP contribution in [0, 0.1) is 5.92 Å². The summed E-state index contributed by atoms with van der Waals surface area (Å²) in [7, 11) is 0. The molecule has 0 radical (unpaired) electrons. The summed E-state index contributed by atoms with van der Waals surface area (Å²) in [6.45, 7) is 5.13. The maximum atomic E-state index is 6.35. The van der Waals surface area contributed by atoms with E-state index in [9.17, 15) is 0 Å². The van der Waals surface area contributed by atoms with Crippen LogP contribution >= 0.6 is 0 Å². The summed E-state index contributed by atoms with van der Waals surface area (Å²) in [6.07, 6.45) is 8.07. The van der Waals surface area contributed by atoms with Crippen LogP contribution in [0.1, 0.15) is 38.5 Å². The van der Waals surface area contributed by atoms with Crippen LogP contribution in [0.5, 0.6) is 0 Å². The molecule has 1 heterocycles. The van der Waals surface area contributed by atoms with Gasteiger partial charge < -0.3 is 10.5 Å². The van der Waals surface area contributed by atoms with Gasteiger partial charge >= 0.3 is 0 Å². The number of ether oxygens (including phenoxy) is 1. The molecule has 3 heteroatoms. The molecule has 1 saturated heterocycles. The largest absolute Gasteiger partial charge is 0.380 e. The maximum absolute atomic E-state index is 6.35. The van der Waals surface area contributed by atoms with Gasteiger partial charge in [0.15, 0.2) is 0 Å². The normalized spacial score (nSPS) is 27.6. The first-order valence-electron chi connectivity index (χ1n) is 6.92. The van der Waals surface area contributed by atoms with Crippen molar-refractivity contribution in [3.63, 3.8) is 0 Å². The van der Waals surface area contributed by atoms with E-state index in [1.807, 2.05) is 0 Å². The van der Waals surface area contributed by atoms with Gasteiger partial charge in [0.2, 0.25) is 0 Å². The third kappa shape index (κ3) is 3.72. The van der Waals surface area contributed by atoms with Gasteiger partial charge in [-0.3, -0.25) is 4.90 Å². The molecule has 0 spiro atoms.